The van der Waals surface area contributed by atoms with E-state index in [4.69, 9.17) is 18.9 Å². The fourth-order valence-electron chi connectivity index (χ4n) is 1.50. The molecule has 0 unspecified atom stereocenters. The van der Waals surface area contributed by atoms with Crippen LogP contribution in [-0.4, -0.2) is 38.9 Å². The summed E-state index contributed by atoms with van der Waals surface area (Å²) in [6.07, 6.45) is -0.962. The van der Waals surface area contributed by atoms with Crippen molar-refractivity contribution in [3.05, 3.63) is 23.8 Å². The van der Waals surface area contributed by atoms with Crippen molar-refractivity contribution in [2.75, 3.05) is 20.8 Å². The fourth-order valence-corrected chi connectivity index (χ4v) is 1.50. The molecule has 0 heterocycles. The van der Waals surface area contributed by atoms with Crippen molar-refractivity contribution < 1.29 is 28.5 Å². The molecule has 0 spiro atoms. The minimum atomic E-state index is -0.962. The first-order valence-electron chi connectivity index (χ1n) is 6.13. The molecule has 6 nitrogen and oxygen atoms in total. The Labute approximate surface area is 117 Å². The van der Waals surface area contributed by atoms with Gasteiger partial charge in [0.05, 0.1) is 26.4 Å². The Morgan fingerprint density at radius 2 is 1.80 bits per heavy atom. The maximum Gasteiger partial charge on any atom is 0.347 e. The van der Waals surface area contributed by atoms with Crippen LogP contribution in [0.1, 0.15) is 24.2 Å². The molecule has 1 aromatic rings. The smallest absolute Gasteiger partial charge is 0.347 e. The zero-order valence-electron chi connectivity index (χ0n) is 12.0. The molecule has 0 aromatic heterocycles. The van der Waals surface area contributed by atoms with Gasteiger partial charge in [0.1, 0.15) is 0 Å². The molecule has 0 aliphatic heterocycles. The van der Waals surface area contributed by atoms with Gasteiger partial charge in [0.25, 0.3) is 0 Å². The van der Waals surface area contributed by atoms with E-state index < -0.39 is 18.0 Å². The Morgan fingerprint density at radius 1 is 1.15 bits per heavy atom. The van der Waals surface area contributed by atoms with Crippen LogP contribution in [0.3, 0.4) is 0 Å². The van der Waals surface area contributed by atoms with E-state index in [1.165, 1.54) is 33.3 Å². The monoisotopic (exact) mass is 282 g/mol. The van der Waals surface area contributed by atoms with Gasteiger partial charge in [0.2, 0.25) is 0 Å². The molecule has 0 fully saturated rings. The maximum atomic E-state index is 11.9. The summed E-state index contributed by atoms with van der Waals surface area (Å²) in [7, 11) is 2.97. The van der Waals surface area contributed by atoms with Gasteiger partial charge in [0, 0.05) is 0 Å². The van der Waals surface area contributed by atoms with Crippen molar-refractivity contribution in [3.8, 4) is 11.5 Å². The summed E-state index contributed by atoms with van der Waals surface area (Å²) in [5, 5.41) is 0. The maximum absolute atomic E-state index is 11.9. The predicted molar refractivity (Wildman–Crippen MR) is 71.1 cm³/mol. The van der Waals surface area contributed by atoms with E-state index in [2.05, 4.69) is 0 Å². The van der Waals surface area contributed by atoms with Gasteiger partial charge in [-0.05, 0) is 32.0 Å². The minimum absolute atomic E-state index is 0.233. The van der Waals surface area contributed by atoms with E-state index in [0.717, 1.165) is 0 Å². The number of benzene rings is 1. The van der Waals surface area contributed by atoms with Gasteiger partial charge in [-0.1, -0.05) is 0 Å². The molecular formula is C14H18O6. The van der Waals surface area contributed by atoms with Crippen LogP contribution in [0.15, 0.2) is 18.2 Å². The molecule has 0 aliphatic rings. The van der Waals surface area contributed by atoms with Crippen LogP contribution in [0, 0.1) is 0 Å². The van der Waals surface area contributed by atoms with E-state index in [1.54, 1.807) is 13.0 Å². The summed E-state index contributed by atoms with van der Waals surface area (Å²) >= 11 is 0. The molecule has 20 heavy (non-hydrogen) atoms. The number of methoxy groups -OCH3 is 2. The molecular weight excluding hydrogens is 264 g/mol. The van der Waals surface area contributed by atoms with Gasteiger partial charge in [-0.25, -0.2) is 9.59 Å². The van der Waals surface area contributed by atoms with Crippen molar-refractivity contribution >= 4 is 11.9 Å². The third-order valence-corrected chi connectivity index (χ3v) is 2.52. The quantitative estimate of drug-likeness (QED) is 0.741. The number of hydrogen-bond acceptors (Lipinski definition) is 6. The molecule has 0 aliphatic carbocycles. The molecule has 1 aromatic carbocycles. The lowest BCUT2D eigenvalue weighted by molar-refractivity contribution is -0.152. The minimum Gasteiger partial charge on any atom is -0.493 e. The summed E-state index contributed by atoms with van der Waals surface area (Å²) in [5.41, 5.74) is 0.263. The van der Waals surface area contributed by atoms with Gasteiger partial charge in [-0.15, -0.1) is 0 Å². The zero-order chi connectivity index (χ0) is 15.1. The largest absolute Gasteiger partial charge is 0.493 e. The number of rotatable bonds is 6. The molecule has 110 valence electrons. The Morgan fingerprint density at radius 3 is 2.35 bits per heavy atom. The topological polar surface area (TPSA) is 71.1 Å². The van der Waals surface area contributed by atoms with Crippen LogP contribution in [0.25, 0.3) is 0 Å². The first-order chi connectivity index (χ1) is 9.53. The van der Waals surface area contributed by atoms with E-state index in [-0.39, 0.29) is 12.2 Å². The summed E-state index contributed by atoms with van der Waals surface area (Å²) in [4.78, 5) is 23.3. The highest BCUT2D eigenvalue weighted by molar-refractivity contribution is 5.92. The molecule has 6 heteroatoms. The van der Waals surface area contributed by atoms with Gasteiger partial charge in [-0.3, -0.25) is 0 Å². The van der Waals surface area contributed by atoms with Gasteiger partial charge in [-0.2, -0.15) is 0 Å². The highest BCUT2D eigenvalue weighted by Gasteiger charge is 2.20. The summed E-state index contributed by atoms with van der Waals surface area (Å²) in [6, 6.07) is 4.60. The molecule has 0 radical (unpaired) electrons. The van der Waals surface area contributed by atoms with Crippen molar-refractivity contribution in [1.82, 2.24) is 0 Å². The SMILES string of the molecule is CCOC(=O)[C@H](C)OC(=O)c1ccc(OC)c(OC)c1. The van der Waals surface area contributed by atoms with Crippen LogP contribution in [0.2, 0.25) is 0 Å². The van der Waals surface area contributed by atoms with Crippen molar-refractivity contribution in [3.63, 3.8) is 0 Å². The van der Waals surface area contributed by atoms with Gasteiger partial charge in [0.15, 0.2) is 17.6 Å². The van der Waals surface area contributed by atoms with Gasteiger partial charge >= 0.3 is 11.9 Å². The van der Waals surface area contributed by atoms with Crippen LogP contribution < -0.4 is 9.47 Å². The lowest BCUT2D eigenvalue weighted by atomic mass is 10.2. The number of esters is 2. The second-order valence-corrected chi connectivity index (χ2v) is 3.87. The molecule has 0 bridgehead atoms. The average Bonchev–Trinajstić information content (AvgIpc) is 2.46. The second kappa shape index (κ2) is 7.37. The number of carbonyl (C=O) groups is 2. The zero-order valence-corrected chi connectivity index (χ0v) is 12.0. The predicted octanol–water partition coefficient (Wildman–Crippen LogP) is 1.81. The summed E-state index contributed by atoms with van der Waals surface area (Å²) in [5.74, 6) is -0.305. The Kier molecular flexibility index (Phi) is 5.83. The highest BCUT2D eigenvalue weighted by atomic mass is 16.6. The molecule has 1 rings (SSSR count). The average molecular weight is 282 g/mol. The highest BCUT2D eigenvalue weighted by Crippen LogP contribution is 2.27. The van der Waals surface area contributed by atoms with Crippen molar-refractivity contribution in [2.45, 2.75) is 20.0 Å². The standard InChI is InChI=1S/C14H18O6/c1-5-19-13(15)9(2)20-14(16)10-6-7-11(17-3)12(8-10)18-4/h6-9H,5H2,1-4H3/t9-/m0/s1. The normalized spacial score (nSPS) is 11.4. The molecule has 0 amide bonds. The number of hydrogen-bond donors (Lipinski definition) is 0. The molecule has 0 saturated heterocycles. The van der Waals surface area contributed by atoms with Crippen LogP contribution in [0.5, 0.6) is 11.5 Å². The molecule has 0 N–H and O–H groups in total. The first kappa shape index (κ1) is 15.8. The Bertz CT molecular complexity index is 483. The lowest BCUT2D eigenvalue weighted by Gasteiger charge is -2.13. The fraction of sp³-hybridized carbons (Fsp3) is 0.429. The van der Waals surface area contributed by atoms with E-state index in [0.29, 0.717) is 11.5 Å². The van der Waals surface area contributed by atoms with Gasteiger partial charge < -0.3 is 18.9 Å². The van der Waals surface area contributed by atoms with Crippen molar-refractivity contribution in [2.24, 2.45) is 0 Å². The first-order valence-corrected chi connectivity index (χ1v) is 6.13. The van der Waals surface area contributed by atoms with Crippen LogP contribution in [-0.2, 0) is 14.3 Å². The number of ether oxygens (including phenoxy) is 4. The third-order valence-electron chi connectivity index (χ3n) is 2.52. The Balaban J connectivity index is 2.80. The summed E-state index contributed by atoms with van der Waals surface area (Å²) < 4.78 is 19.9. The van der Waals surface area contributed by atoms with Crippen LogP contribution >= 0.6 is 0 Å². The van der Waals surface area contributed by atoms with E-state index in [9.17, 15) is 9.59 Å². The Hall–Kier alpha value is -2.24. The second-order valence-electron chi connectivity index (χ2n) is 3.87. The third kappa shape index (κ3) is 3.88. The lowest BCUT2D eigenvalue weighted by Crippen LogP contribution is -2.26. The van der Waals surface area contributed by atoms with E-state index >= 15 is 0 Å². The number of carbonyl (C=O) groups excluding carboxylic acids is 2. The van der Waals surface area contributed by atoms with E-state index in [1.807, 2.05) is 0 Å². The molecule has 0 saturated carbocycles. The van der Waals surface area contributed by atoms with Crippen LogP contribution in [0.4, 0.5) is 0 Å². The summed E-state index contributed by atoms with van der Waals surface area (Å²) in [6.45, 7) is 3.37. The molecule has 1 atom stereocenters. The van der Waals surface area contributed by atoms with Crippen molar-refractivity contribution in [1.29, 1.82) is 0 Å².